The quantitative estimate of drug-likeness (QED) is 0.165. The number of rotatable bonds is 10. The molecule has 0 aliphatic carbocycles. The number of ether oxygens (including phenoxy) is 1. The Balaban J connectivity index is 0.00000304. The molecule has 6 nitrogen and oxygen atoms in total. The smallest absolute Gasteiger partial charge is 0.214 e. The maximum absolute atomic E-state index is 6.33. The van der Waals surface area contributed by atoms with Gasteiger partial charge in [-0.15, -0.1) is 17.5 Å². The molecule has 0 saturated carbocycles. The predicted molar refractivity (Wildman–Crippen MR) is 149 cm³/mol. The maximum atomic E-state index is 6.33. The summed E-state index contributed by atoms with van der Waals surface area (Å²) >= 11 is 7.94. The van der Waals surface area contributed by atoms with Crippen LogP contribution in [0, 0.1) is 0 Å². The van der Waals surface area contributed by atoms with Gasteiger partial charge in [0.15, 0.2) is 0 Å². The van der Waals surface area contributed by atoms with Gasteiger partial charge in [-0.2, -0.15) is 4.68 Å². The average Bonchev–Trinajstić information content (AvgIpc) is 3.37. The number of tetrazole rings is 1. The molecule has 0 spiro atoms. The molecule has 4 aromatic carbocycles. The molecule has 0 amide bonds. The molecule has 5 aromatic rings. The predicted octanol–water partition coefficient (Wildman–Crippen LogP) is 6.35. The van der Waals surface area contributed by atoms with Gasteiger partial charge >= 0.3 is 0 Å². The lowest BCUT2D eigenvalue weighted by molar-refractivity contribution is 0.303. The third kappa shape index (κ3) is 6.17. The van der Waals surface area contributed by atoms with Gasteiger partial charge in [0.25, 0.3) is 0 Å². The molecule has 0 atom stereocenters. The molecule has 0 radical (unpaired) electrons. The Kier molecular flexibility index (Phi) is 9.19. The van der Waals surface area contributed by atoms with E-state index in [1.807, 2.05) is 60.7 Å². The summed E-state index contributed by atoms with van der Waals surface area (Å²) in [7, 11) is 0. The number of hydrogen-bond donors (Lipinski definition) is 1. The molecule has 1 heterocycles. The van der Waals surface area contributed by atoms with Gasteiger partial charge in [0.2, 0.25) is 5.16 Å². The molecular formula is C27H25Cl2N5OS. The molecule has 9 heteroatoms. The molecule has 0 aliphatic rings. The Bertz CT molecular complexity index is 1410. The van der Waals surface area contributed by atoms with E-state index in [9.17, 15) is 0 Å². The largest absolute Gasteiger partial charge is 0.488 e. The Morgan fingerprint density at radius 3 is 2.53 bits per heavy atom. The van der Waals surface area contributed by atoms with Gasteiger partial charge in [0.1, 0.15) is 12.4 Å². The van der Waals surface area contributed by atoms with Crippen molar-refractivity contribution in [2.24, 2.45) is 0 Å². The van der Waals surface area contributed by atoms with Crippen molar-refractivity contribution in [3.63, 3.8) is 0 Å². The van der Waals surface area contributed by atoms with Gasteiger partial charge < -0.3 is 10.1 Å². The third-order valence-corrected chi connectivity index (χ3v) is 6.88. The van der Waals surface area contributed by atoms with Crippen LogP contribution in [0.15, 0.2) is 96.2 Å². The number of benzene rings is 4. The summed E-state index contributed by atoms with van der Waals surface area (Å²) in [5.74, 6) is 1.69. The van der Waals surface area contributed by atoms with Crippen LogP contribution in [-0.2, 0) is 13.2 Å². The minimum atomic E-state index is 0. The van der Waals surface area contributed by atoms with Crippen LogP contribution >= 0.6 is 35.8 Å². The molecule has 5 rings (SSSR count). The molecule has 184 valence electrons. The zero-order valence-electron chi connectivity index (χ0n) is 19.4. The second-order valence-electron chi connectivity index (χ2n) is 7.88. The van der Waals surface area contributed by atoms with Gasteiger partial charge in [0.05, 0.1) is 5.69 Å². The van der Waals surface area contributed by atoms with Crippen LogP contribution in [0.1, 0.15) is 11.1 Å². The van der Waals surface area contributed by atoms with E-state index in [-0.39, 0.29) is 12.4 Å². The van der Waals surface area contributed by atoms with Crippen LogP contribution in [0.3, 0.4) is 0 Å². The van der Waals surface area contributed by atoms with Crippen molar-refractivity contribution in [1.29, 1.82) is 0 Å². The summed E-state index contributed by atoms with van der Waals surface area (Å²) in [5, 5.41) is 19.5. The van der Waals surface area contributed by atoms with Crippen molar-refractivity contribution in [3.8, 4) is 11.4 Å². The highest BCUT2D eigenvalue weighted by Crippen LogP contribution is 2.29. The normalized spacial score (nSPS) is 10.8. The van der Waals surface area contributed by atoms with Crippen molar-refractivity contribution in [1.82, 2.24) is 25.5 Å². The van der Waals surface area contributed by atoms with E-state index < -0.39 is 0 Å². The van der Waals surface area contributed by atoms with Crippen LogP contribution < -0.4 is 10.1 Å². The van der Waals surface area contributed by atoms with E-state index in [0.717, 1.165) is 40.0 Å². The average molecular weight is 539 g/mol. The van der Waals surface area contributed by atoms with Crippen molar-refractivity contribution < 1.29 is 4.74 Å². The minimum absolute atomic E-state index is 0. The summed E-state index contributed by atoms with van der Waals surface area (Å²) in [6.07, 6.45) is 0. The Morgan fingerprint density at radius 1 is 0.889 bits per heavy atom. The SMILES string of the molecule is Cl.Clc1ccccc1COc1ccc2ccccc2c1CNCCSc1nnnn1-c1ccccc1. The molecule has 0 saturated heterocycles. The maximum Gasteiger partial charge on any atom is 0.214 e. The minimum Gasteiger partial charge on any atom is -0.488 e. The number of para-hydroxylation sites is 1. The second kappa shape index (κ2) is 12.7. The van der Waals surface area contributed by atoms with Gasteiger partial charge in [0, 0.05) is 35.0 Å². The first-order chi connectivity index (χ1) is 17.3. The Morgan fingerprint density at radius 2 is 1.67 bits per heavy atom. The van der Waals surface area contributed by atoms with Crippen LogP contribution in [0.5, 0.6) is 5.75 Å². The van der Waals surface area contributed by atoms with Crippen LogP contribution in [0.2, 0.25) is 5.02 Å². The lowest BCUT2D eigenvalue weighted by Gasteiger charge is -2.15. The van der Waals surface area contributed by atoms with Gasteiger partial charge in [-0.1, -0.05) is 90.1 Å². The summed E-state index contributed by atoms with van der Waals surface area (Å²) < 4.78 is 7.99. The highest BCUT2D eigenvalue weighted by atomic mass is 35.5. The van der Waals surface area contributed by atoms with E-state index in [2.05, 4.69) is 51.2 Å². The van der Waals surface area contributed by atoms with E-state index in [1.165, 1.54) is 10.8 Å². The topological polar surface area (TPSA) is 64.9 Å². The van der Waals surface area contributed by atoms with E-state index in [1.54, 1.807) is 16.4 Å². The highest BCUT2D eigenvalue weighted by Gasteiger charge is 2.11. The summed E-state index contributed by atoms with van der Waals surface area (Å²) in [5.41, 5.74) is 3.05. The van der Waals surface area contributed by atoms with E-state index in [0.29, 0.717) is 18.2 Å². The molecule has 1 N–H and O–H groups in total. The summed E-state index contributed by atoms with van der Waals surface area (Å²) in [4.78, 5) is 0. The summed E-state index contributed by atoms with van der Waals surface area (Å²) in [6, 6.07) is 30.2. The van der Waals surface area contributed by atoms with Gasteiger partial charge in [-0.25, -0.2) is 0 Å². The van der Waals surface area contributed by atoms with Gasteiger partial charge in [-0.05, 0) is 45.5 Å². The molecule has 36 heavy (non-hydrogen) atoms. The first-order valence-electron chi connectivity index (χ1n) is 11.3. The summed E-state index contributed by atoms with van der Waals surface area (Å²) in [6.45, 7) is 1.89. The second-order valence-corrected chi connectivity index (χ2v) is 9.35. The number of halogens is 2. The fourth-order valence-electron chi connectivity index (χ4n) is 3.83. The standard InChI is InChI=1S/C27H24ClN5OS.ClH/c28-25-13-7-5-9-21(25)19-34-26-15-14-20-8-4-6-12-23(20)24(26)18-29-16-17-35-27-30-31-32-33(27)22-10-2-1-3-11-22;/h1-15,29H,16-19H2;1H. The van der Waals surface area contributed by atoms with E-state index >= 15 is 0 Å². The lowest BCUT2D eigenvalue weighted by Crippen LogP contribution is -2.18. The van der Waals surface area contributed by atoms with Crippen LogP contribution in [0.4, 0.5) is 0 Å². The fourth-order valence-corrected chi connectivity index (χ4v) is 4.81. The number of fused-ring (bicyclic) bond motifs is 1. The number of hydrogen-bond acceptors (Lipinski definition) is 6. The Hall–Kier alpha value is -3.10. The number of aromatic nitrogens is 4. The zero-order valence-corrected chi connectivity index (χ0v) is 21.8. The van der Waals surface area contributed by atoms with Crippen LogP contribution in [0.25, 0.3) is 16.5 Å². The number of nitrogens with one attached hydrogen (secondary N) is 1. The molecular weight excluding hydrogens is 513 g/mol. The number of nitrogens with zero attached hydrogens (tertiary/aromatic N) is 4. The van der Waals surface area contributed by atoms with E-state index in [4.69, 9.17) is 16.3 Å². The van der Waals surface area contributed by atoms with Crippen LogP contribution in [-0.4, -0.2) is 32.5 Å². The fraction of sp³-hybridized carbons (Fsp3) is 0.148. The first kappa shape index (κ1) is 26.0. The third-order valence-electron chi connectivity index (χ3n) is 5.59. The highest BCUT2D eigenvalue weighted by molar-refractivity contribution is 7.99. The van der Waals surface area contributed by atoms with Crippen molar-refractivity contribution in [2.45, 2.75) is 18.3 Å². The lowest BCUT2D eigenvalue weighted by atomic mass is 10.0. The van der Waals surface area contributed by atoms with Gasteiger partial charge in [-0.3, -0.25) is 0 Å². The molecule has 0 aliphatic heterocycles. The Labute approximate surface area is 225 Å². The van der Waals surface area contributed by atoms with Crippen molar-refractivity contribution in [2.75, 3.05) is 12.3 Å². The molecule has 0 fully saturated rings. The molecule has 0 bridgehead atoms. The van der Waals surface area contributed by atoms with Crippen molar-refractivity contribution >= 4 is 46.5 Å². The molecule has 0 unspecified atom stereocenters. The molecule has 1 aromatic heterocycles. The van der Waals surface area contributed by atoms with Crippen molar-refractivity contribution in [3.05, 3.63) is 107 Å². The zero-order chi connectivity index (χ0) is 23.9. The number of thioether (sulfide) groups is 1. The first-order valence-corrected chi connectivity index (χ1v) is 12.7. The monoisotopic (exact) mass is 537 g/mol.